The van der Waals surface area contributed by atoms with E-state index in [1.807, 2.05) is 0 Å². The number of nitrogens with one attached hydrogen (secondary N) is 1. The smallest absolute Gasteiger partial charge is 0.404 e. The number of carbonyl (C=O) groups is 1. The maximum atomic E-state index is 11.0. The van der Waals surface area contributed by atoms with Crippen molar-refractivity contribution in [1.29, 1.82) is 0 Å². The van der Waals surface area contributed by atoms with Gasteiger partial charge in [0.05, 0.1) is 24.2 Å². The fourth-order valence-corrected chi connectivity index (χ4v) is 2.48. The maximum Gasteiger partial charge on any atom is 0.404 e. The Kier molecular flexibility index (Phi) is 4.18. The topological polar surface area (TPSA) is 120 Å². The summed E-state index contributed by atoms with van der Waals surface area (Å²) in [5, 5.41) is 26.0. The molecule has 0 saturated carbocycles. The average Bonchev–Trinajstić information content (AvgIpc) is 2.60. The normalized spacial score (nSPS) is 23.1. The Morgan fingerprint density at radius 2 is 2.35 bits per heavy atom. The van der Waals surface area contributed by atoms with E-state index in [0.29, 0.717) is 25.1 Å². The number of ether oxygens (including phenoxy) is 1. The molecule has 1 aromatic rings. The highest BCUT2D eigenvalue weighted by molar-refractivity contribution is 5.64. The molecule has 0 aromatic carbocycles. The first-order valence-electron chi connectivity index (χ1n) is 6.22. The van der Waals surface area contributed by atoms with E-state index in [0.717, 1.165) is 0 Å². The summed E-state index contributed by atoms with van der Waals surface area (Å²) in [5.74, 6) is -0.163. The molecular formula is C11H16N4O5. The van der Waals surface area contributed by atoms with Gasteiger partial charge in [-0.1, -0.05) is 0 Å². The number of hydrogen-bond donors (Lipinski definition) is 2. The van der Waals surface area contributed by atoms with Crippen molar-refractivity contribution in [3.63, 3.8) is 0 Å². The molecule has 110 valence electrons. The van der Waals surface area contributed by atoms with Gasteiger partial charge >= 0.3 is 11.8 Å². The molecule has 1 fully saturated rings. The lowest BCUT2D eigenvalue weighted by Crippen LogP contribution is -2.36. The first kappa shape index (κ1) is 14.3. The van der Waals surface area contributed by atoms with Gasteiger partial charge in [0.2, 0.25) is 0 Å². The van der Waals surface area contributed by atoms with E-state index in [1.165, 1.54) is 10.9 Å². The van der Waals surface area contributed by atoms with E-state index in [-0.39, 0.29) is 24.3 Å². The van der Waals surface area contributed by atoms with E-state index < -0.39 is 11.0 Å². The molecule has 1 aliphatic heterocycles. The second-order valence-electron chi connectivity index (χ2n) is 4.75. The quantitative estimate of drug-likeness (QED) is 0.627. The van der Waals surface area contributed by atoms with Crippen LogP contribution in [-0.4, -0.2) is 45.2 Å². The molecule has 1 aliphatic rings. The van der Waals surface area contributed by atoms with Gasteiger partial charge in [0, 0.05) is 13.0 Å². The van der Waals surface area contributed by atoms with Crippen LogP contribution >= 0.6 is 0 Å². The number of amides is 1. The van der Waals surface area contributed by atoms with Crippen molar-refractivity contribution >= 4 is 11.8 Å². The maximum absolute atomic E-state index is 11.0. The minimum Gasteiger partial charge on any atom is -0.465 e. The van der Waals surface area contributed by atoms with Crippen molar-refractivity contribution in [3.05, 3.63) is 22.0 Å². The van der Waals surface area contributed by atoms with Gasteiger partial charge in [0.15, 0.2) is 0 Å². The van der Waals surface area contributed by atoms with Crippen LogP contribution in [0.3, 0.4) is 0 Å². The monoisotopic (exact) mass is 284 g/mol. The number of rotatable bonds is 3. The molecule has 9 heteroatoms. The summed E-state index contributed by atoms with van der Waals surface area (Å²) in [7, 11) is 1.65. The fourth-order valence-electron chi connectivity index (χ4n) is 2.48. The van der Waals surface area contributed by atoms with Crippen molar-refractivity contribution < 1.29 is 19.6 Å². The number of hydrogen-bond acceptors (Lipinski definition) is 5. The van der Waals surface area contributed by atoms with E-state index in [4.69, 9.17) is 9.84 Å². The Morgan fingerprint density at radius 1 is 1.60 bits per heavy atom. The van der Waals surface area contributed by atoms with Crippen LogP contribution in [0.5, 0.6) is 0 Å². The molecule has 0 radical (unpaired) electrons. The third-order valence-corrected chi connectivity index (χ3v) is 3.38. The lowest BCUT2D eigenvalue weighted by atomic mass is 9.98. The van der Waals surface area contributed by atoms with Crippen molar-refractivity contribution in [2.45, 2.75) is 24.8 Å². The molecule has 1 aromatic heterocycles. The number of aromatic nitrogens is 2. The van der Waals surface area contributed by atoms with Crippen LogP contribution in [-0.2, 0) is 11.8 Å². The Balaban J connectivity index is 2.12. The molecule has 2 atom stereocenters. The van der Waals surface area contributed by atoms with E-state index in [1.54, 1.807) is 7.05 Å². The molecule has 2 unspecified atom stereocenters. The molecule has 0 spiro atoms. The average molecular weight is 284 g/mol. The summed E-state index contributed by atoms with van der Waals surface area (Å²) >= 11 is 0. The van der Waals surface area contributed by atoms with Gasteiger partial charge in [-0.2, -0.15) is 5.10 Å². The summed E-state index contributed by atoms with van der Waals surface area (Å²) in [6.07, 6.45) is 1.31. The standard InChI is InChI=1S/C11H16N4O5/c1-14-10(9(4-12-14)15(18)19)7-2-3-8(6-20-5-7)13-11(16)17/h4,7-8,13H,2-3,5-6H2,1H3,(H,16,17). The molecule has 1 amide bonds. The summed E-state index contributed by atoms with van der Waals surface area (Å²) < 4.78 is 6.93. The minimum absolute atomic E-state index is 0.0225. The van der Waals surface area contributed by atoms with Gasteiger partial charge in [-0.15, -0.1) is 0 Å². The van der Waals surface area contributed by atoms with Crippen LogP contribution in [0.25, 0.3) is 0 Å². The summed E-state index contributed by atoms with van der Waals surface area (Å²) in [5.41, 5.74) is 0.497. The van der Waals surface area contributed by atoms with Gasteiger partial charge in [0.25, 0.3) is 0 Å². The van der Waals surface area contributed by atoms with Gasteiger partial charge in [0.1, 0.15) is 11.9 Å². The van der Waals surface area contributed by atoms with Crippen LogP contribution in [0.15, 0.2) is 6.20 Å². The van der Waals surface area contributed by atoms with Gasteiger partial charge in [-0.25, -0.2) is 4.79 Å². The molecule has 1 saturated heterocycles. The molecule has 0 bridgehead atoms. The summed E-state index contributed by atoms with van der Waals surface area (Å²) in [6, 6.07) is -0.287. The van der Waals surface area contributed by atoms with Crippen molar-refractivity contribution in [3.8, 4) is 0 Å². The van der Waals surface area contributed by atoms with Gasteiger partial charge < -0.3 is 15.2 Å². The number of nitrogens with zero attached hydrogens (tertiary/aromatic N) is 3. The molecule has 2 N–H and O–H groups in total. The summed E-state index contributed by atoms with van der Waals surface area (Å²) in [4.78, 5) is 21.2. The van der Waals surface area contributed by atoms with Crippen LogP contribution < -0.4 is 5.32 Å². The first-order valence-corrected chi connectivity index (χ1v) is 6.22. The Morgan fingerprint density at radius 3 is 3.00 bits per heavy atom. The minimum atomic E-state index is -1.09. The Labute approximate surface area is 114 Å². The third-order valence-electron chi connectivity index (χ3n) is 3.38. The van der Waals surface area contributed by atoms with Crippen molar-refractivity contribution in [1.82, 2.24) is 15.1 Å². The highest BCUT2D eigenvalue weighted by atomic mass is 16.6. The number of carboxylic acid groups (broad SMARTS) is 1. The largest absolute Gasteiger partial charge is 0.465 e. The SMILES string of the molecule is Cn1ncc([N+](=O)[O-])c1C1CCC(NC(=O)O)COC1. The molecule has 2 rings (SSSR count). The van der Waals surface area contributed by atoms with Crippen LogP contribution in [0.1, 0.15) is 24.5 Å². The van der Waals surface area contributed by atoms with E-state index in [9.17, 15) is 14.9 Å². The van der Waals surface area contributed by atoms with Crippen LogP contribution in [0, 0.1) is 10.1 Å². The van der Waals surface area contributed by atoms with Gasteiger partial charge in [-0.05, 0) is 12.8 Å². The Hall–Kier alpha value is -2.16. The molecule has 9 nitrogen and oxygen atoms in total. The van der Waals surface area contributed by atoms with Gasteiger partial charge in [-0.3, -0.25) is 14.8 Å². The molecule has 2 heterocycles. The summed E-state index contributed by atoms with van der Waals surface area (Å²) in [6.45, 7) is 0.590. The second kappa shape index (κ2) is 5.87. The zero-order chi connectivity index (χ0) is 14.7. The predicted molar refractivity (Wildman–Crippen MR) is 67.6 cm³/mol. The zero-order valence-electron chi connectivity index (χ0n) is 11.0. The lowest BCUT2D eigenvalue weighted by Gasteiger charge is -2.13. The van der Waals surface area contributed by atoms with Crippen molar-refractivity contribution in [2.75, 3.05) is 13.2 Å². The highest BCUT2D eigenvalue weighted by Crippen LogP contribution is 2.31. The fraction of sp³-hybridized carbons (Fsp3) is 0.636. The second-order valence-corrected chi connectivity index (χ2v) is 4.75. The van der Waals surface area contributed by atoms with Crippen LogP contribution in [0.2, 0.25) is 0 Å². The first-order chi connectivity index (χ1) is 9.49. The van der Waals surface area contributed by atoms with Crippen molar-refractivity contribution in [2.24, 2.45) is 7.05 Å². The number of nitro groups is 1. The predicted octanol–water partition coefficient (Wildman–Crippen LogP) is 0.859. The van der Waals surface area contributed by atoms with E-state index >= 15 is 0 Å². The lowest BCUT2D eigenvalue weighted by molar-refractivity contribution is -0.385. The van der Waals surface area contributed by atoms with E-state index in [2.05, 4.69) is 10.4 Å². The molecule has 0 aliphatic carbocycles. The highest BCUT2D eigenvalue weighted by Gasteiger charge is 2.30. The number of aryl methyl sites for hydroxylation is 1. The zero-order valence-corrected chi connectivity index (χ0v) is 11.0. The molecule has 20 heavy (non-hydrogen) atoms. The third kappa shape index (κ3) is 3.05. The van der Waals surface area contributed by atoms with Crippen LogP contribution in [0.4, 0.5) is 10.5 Å². The molecular weight excluding hydrogens is 268 g/mol. The Bertz CT molecular complexity index is 515.